The van der Waals surface area contributed by atoms with Gasteiger partial charge in [-0.3, -0.25) is 0 Å². The fourth-order valence-electron chi connectivity index (χ4n) is 2.32. The number of para-hydroxylation sites is 2. The van der Waals surface area contributed by atoms with E-state index in [2.05, 4.69) is 23.0 Å². The molecule has 20 heavy (non-hydrogen) atoms. The van der Waals surface area contributed by atoms with Gasteiger partial charge in [0.1, 0.15) is 11.6 Å². The summed E-state index contributed by atoms with van der Waals surface area (Å²) in [5.41, 5.74) is 4.38. The molecule has 1 aromatic heterocycles. The number of fused-ring (bicyclic) bond motifs is 1. The lowest BCUT2D eigenvalue weighted by Crippen LogP contribution is -2.05. The fraction of sp³-hybridized carbons (Fsp3) is 0.235. The first kappa shape index (κ1) is 12.7. The minimum Gasteiger partial charge on any atom is -0.483 e. The van der Waals surface area contributed by atoms with Gasteiger partial charge in [-0.1, -0.05) is 30.3 Å². The Bertz CT molecular complexity index is 746. The number of aromatic nitrogens is 2. The number of ether oxygens (including phenoxy) is 1. The molecule has 2 aromatic carbocycles. The van der Waals surface area contributed by atoms with Crippen molar-refractivity contribution in [2.45, 2.75) is 26.9 Å². The van der Waals surface area contributed by atoms with Crippen molar-refractivity contribution in [3.05, 3.63) is 59.4 Å². The molecule has 0 radical (unpaired) electrons. The molecule has 102 valence electrons. The number of hydrogen-bond acceptors (Lipinski definition) is 2. The first-order valence-corrected chi connectivity index (χ1v) is 6.82. The van der Waals surface area contributed by atoms with Crippen molar-refractivity contribution in [3.63, 3.8) is 0 Å². The Morgan fingerprint density at radius 2 is 1.75 bits per heavy atom. The lowest BCUT2D eigenvalue weighted by molar-refractivity contribution is 0.216. The summed E-state index contributed by atoms with van der Waals surface area (Å²) in [5.74, 6) is 1.76. The Morgan fingerprint density at radius 1 is 1.00 bits per heavy atom. The van der Waals surface area contributed by atoms with Gasteiger partial charge < -0.3 is 9.72 Å². The van der Waals surface area contributed by atoms with E-state index in [9.17, 15) is 0 Å². The van der Waals surface area contributed by atoms with Gasteiger partial charge in [-0.15, -0.1) is 0 Å². The average Bonchev–Trinajstić information content (AvgIpc) is 2.87. The number of imidazole rings is 1. The number of hydrogen-bond donors (Lipinski definition) is 1. The van der Waals surface area contributed by atoms with Crippen LogP contribution in [0.4, 0.5) is 0 Å². The van der Waals surface area contributed by atoms with Crippen LogP contribution in [-0.2, 0) is 0 Å². The van der Waals surface area contributed by atoms with E-state index in [0.717, 1.165) is 28.2 Å². The van der Waals surface area contributed by atoms with Gasteiger partial charge in [0.05, 0.1) is 11.0 Å². The Labute approximate surface area is 118 Å². The van der Waals surface area contributed by atoms with Crippen molar-refractivity contribution >= 4 is 11.0 Å². The highest BCUT2D eigenvalue weighted by molar-refractivity contribution is 5.78. The second-order valence-corrected chi connectivity index (χ2v) is 5.12. The van der Waals surface area contributed by atoms with E-state index < -0.39 is 0 Å². The van der Waals surface area contributed by atoms with Crippen molar-refractivity contribution in [1.82, 2.24) is 9.97 Å². The molecule has 1 N–H and O–H groups in total. The van der Waals surface area contributed by atoms with E-state index in [1.165, 1.54) is 5.56 Å². The molecule has 1 heterocycles. The molecule has 0 spiro atoms. The molecule has 0 saturated carbocycles. The largest absolute Gasteiger partial charge is 0.483 e. The molecule has 0 unspecified atom stereocenters. The van der Waals surface area contributed by atoms with E-state index >= 15 is 0 Å². The smallest absolute Gasteiger partial charge is 0.153 e. The SMILES string of the molecule is Cc1ccccc1O[C@H](C)c1nc2c(C)cccc2[nH]1. The number of nitrogens with zero attached hydrogens (tertiary/aromatic N) is 1. The second kappa shape index (κ2) is 5.00. The molecule has 1 atom stereocenters. The molecule has 0 bridgehead atoms. The summed E-state index contributed by atoms with van der Waals surface area (Å²) in [5, 5.41) is 0. The maximum absolute atomic E-state index is 6.01. The number of nitrogens with one attached hydrogen (secondary N) is 1. The number of aryl methyl sites for hydroxylation is 2. The molecule has 3 heteroatoms. The van der Waals surface area contributed by atoms with E-state index in [0.29, 0.717) is 0 Å². The summed E-state index contributed by atoms with van der Waals surface area (Å²) in [7, 11) is 0. The van der Waals surface area contributed by atoms with Crippen molar-refractivity contribution in [3.8, 4) is 5.75 Å². The summed E-state index contributed by atoms with van der Waals surface area (Å²) in [6, 6.07) is 14.2. The van der Waals surface area contributed by atoms with Crippen LogP contribution in [0.1, 0.15) is 30.0 Å². The highest BCUT2D eigenvalue weighted by atomic mass is 16.5. The van der Waals surface area contributed by atoms with Gasteiger partial charge in [-0.05, 0) is 44.0 Å². The highest BCUT2D eigenvalue weighted by Gasteiger charge is 2.14. The molecule has 0 amide bonds. The minimum absolute atomic E-state index is 0.108. The van der Waals surface area contributed by atoms with Gasteiger partial charge in [0.15, 0.2) is 6.10 Å². The van der Waals surface area contributed by atoms with E-state index in [-0.39, 0.29) is 6.10 Å². The Kier molecular flexibility index (Phi) is 3.18. The van der Waals surface area contributed by atoms with Crippen LogP contribution in [-0.4, -0.2) is 9.97 Å². The molecule has 0 saturated heterocycles. The fourth-order valence-corrected chi connectivity index (χ4v) is 2.32. The molecule has 0 aliphatic rings. The lowest BCUT2D eigenvalue weighted by atomic mass is 10.2. The predicted octanol–water partition coefficient (Wildman–Crippen LogP) is 4.32. The van der Waals surface area contributed by atoms with Gasteiger partial charge in [-0.25, -0.2) is 4.98 Å². The van der Waals surface area contributed by atoms with Gasteiger partial charge in [0, 0.05) is 0 Å². The normalized spacial score (nSPS) is 12.6. The monoisotopic (exact) mass is 266 g/mol. The van der Waals surface area contributed by atoms with E-state index in [1.54, 1.807) is 0 Å². The summed E-state index contributed by atoms with van der Waals surface area (Å²) >= 11 is 0. The van der Waals surface area contributed by atoms with Crippen LogP contribution < -0.4 is 4.74 Å². The summed E-state index contributed by atoms with van der Waals surface area (Å²) < 4.78 is 6.01. The predicted molar refractivity (Wildman–Crippen MR) is 81.1 cm³/mol. The number of H-pyrrole nitrogens is 1. The van der Waals surface area contributed by atoms with Crippen molar-refractivity contribution in [1.29, 1.82) is 0 Å². The third-order valence-corrected chi connectivity index (χ3v) is 3.52. The third-order valence-electron chi connectivity index (χ3n) is 3.52. The molecule has 3 nitrogen and oxygen atoms in total. The zero-order valence-electron chi connectivity index (χ0n) is 12.0. The first-order valence-electron chi connectivity index (χ1n) is 6.82. The standard InChI is InChI=1S/C17H18N2O/c1-11-7-4-5-10-15(11)20-13(3)17-18-14-9-6-8-12(2)16(14)19-17/h4-10,13H,1-3H3,(H,18,19)/t13-/m1/s1. The van der Waals surface area contributed by atoms with Crippen LogP contribution in [0.2, 0.25) is 0 Å². The van der Waals surface area contributed by atoms with Crippen LogP contribution in [0.5, 0.6) is 5.75 Å². The zero-order chi connectivity index (χ0) is 14.1. The van der Waals surface area contributed by atoms with Crippen LogP contribution in [0.25, 0.3) is 11.0 Å². The molecular weight excluding hydrogens is 248 g/mol. The van der Waals surface area contributed by atoms with Crippen LogP contribution in [0, 0.1) is 13.8 Å². The zero-order valence-corrected chi connectivity index (χ0v) is 12.0. The van der Waals surface area contributed by atoms with Gasteiger partial charge >= 0.3 is 0 Å². The second-order valence-electron chi connectivity index (χ2n) is 5.12. The van der Waals surface area contributed by atoms with Crippen molar-refractivity contribution in [2.75, 3.05) is 0 Å². The van der Waals surface area contributed by atoms with Crippen molar-refractivity contribution < 1.29 is 4.74 Å². The quantitative estimate of drug-likeness (QED) is 0.766. The molecule has 3 rings (SSSR count). The summed E-state index contributed by atoms with van der Waals surface area (Å²) in [6.07, 6.45) is -0.108. The van der Waals surface area contributed by atoms with Gasteiger partial charge in [-0.2, -0.15) is 0 Å². The average molecular weight is 266 g/mol. The van der Waals surface area contributed by atoms with Gasteiger partial charge in [0.25, 0.3) is 0 Å². The number of benzene rings is 2. The molecule has 0 aliphatic carbocycles. The molecular formula is C17H18N2O. The van der Waals surface area contributed by atoms with Crippen molar-refractivity contribution in [2.24, 2.45) is 0 Å². The summed E-state index contributed by atoms with van der Waals surface area (Å²) in [6.45, 7) is 6.13. The minimum atomic E-state index is -0.108. The highest BCUT2D eigenvalue weighted by Crippen LogP contribution is 2.25. The van der Waals surface area contributed by atoms with Crippen LogP contribution in [0.3, 0.4) is 0 Å². The summed E-state index contributed by atoms with van der Waals surface area (Å²) in [4.78, 5) is 8.00. The topological polar surface area (TPSA) is 37.9 Å². The maximum Gasteiger partial charge on any atom is 0.153 e. The Balaban J connectivity index is 1.91. The van der Waals surface area contributed by atoms with Gasteiger partial charge in [0.2, 0.25) is 0 Å². The maximum atomic E-state index is 6.01. The van der Waals surface area contributed by atoms with E-state index in [4.69, 9.17) is 4.74 Å². The molecule has 3 aromatic rings. The van der Waals surface area contributed by atoms with Crippen LogP contribution >= 0.6 is 0 Å². The molecule has 0 fully saturated rings. The first-order chi connectivity index (χ1) is 9.65. The number of aromatic amines is 1. The Morgan fingerprint density at radius 3 is 2.50 bits per heavy atom. The molecule has 0 aliphatic heterocycles. The van der Waals surface area contributed by atoms with Crippen LogP contribution in [0.15, 0.2) is 42.5 Å². The van der Waals surface area contributed by atoms with E-state index in [1.807, 2.05) is 50.2 Å². The Hall–Kier alpha value is -2.29. The lowest BCUT2D eigenvalue weighted by Gasteiger charge is -2.14. The number of rotatable bonds is 3. The third kappa shape index (κ3) is 2.27.